The number of rotatable bonds is 2. The summed E-state index contributed by atoms with van der Waals surface area (Å²) in [6.45, 7) is 3.67. The second kappa shape index (κ2) is 4.08. The van der Waals surface area contributed by atoms with Crippen LogP contribution in [-0.4, -0.2) is 42.9 Å². The first kappa shape index (κ1) is 8.20. The Morgan fingerprint density at radius 3 is 3.27 bits per heavy atom. The van der Waals surface area contributed by atoms with Crippen molar-refractivity contribution in [2.24, 2.45) is 9.98 Å². The average Bonchev–Trinajstić information content (AvgIpc) is 2.03. The highest BCUT2D eigenvalue weighted by atomic mass is 16.3. The molecular formula is C7H12N3O. The normalized spacial score (nSPS) is 23.3. The SMILES string of the molecule is CC(O)CN=C1[C]=NCCN1. The van der Waals surface area contributed by atoms with Crippen molar-refractivity contribution in [2.75, 3.05) is 19.6 Å². The van der Waals surface area contributed by atoms with Gasteiger partial charge in [-0.15, -0.1) is 0 Å². The molecule has 1 radical (unpaired) electrons. The molecule has 0 saturated heterocycles. The molecule has 1 aliphatic heterocycles. The van der Waals surface area contributed by atoms with Crippen LogP contribution >= 0.6 is 0 Å². The smallest absolute Gasteiger partial charge is 0.149 e. The molecule has 1 rings (SSSR count). The highest BCUT2D eigenvalue weighted by molar-refractivity contribution is 6.29. The molecule has 0 aliphatic carbocycles. The Morgan fingerprint density at radius 1 is 1.91 bits per heavy atom. The lowest BCUT2D eigenvalue weighted by atomic mass is 10.4. The Morgan fingerprint density at radius 2 is 2.73 bits per heavy atom. The molecule has 0 aromatic rings. The lowest BCUT2D eigenvalue weighted by Crippen LogP contribution is -2.32. The Bertz CT molecular complexity index is 175. The fourth-order valence-corrected chi connectivity index (χ4v) is 0.715. The van der Waals surface area contributed by atoms with Gasteiger partial charge in [0.1, 0.15) is 12.1 Å². The second-order valence-corrected chi connectivity index (χ2v) is 2.46. The number of amidine groups is 1. The van der Waals surface area contributed by atoms with Gasteiger partial charge in [0, 0.05) is 6.54 Å². The molecule has 0 saturated carbocycles. The standard InChI is InChI=1S/C7H12N3O/c1-6(11)4-10-7-5-8-2-3-9-7/h6,11H,2-4H2,1H3,(H,9,10). The van der Waals surface area contributed by atoms with E-state index in [1.54, 1.807) is 6.92 Å². The maximum Gasteiger partial charge on any atom is 0.149 e. The first-order chi connectivity index (χ1) is 5.29. The van der Waals surface area contributed by atoms with Crippen molar-refractivity contribution >= 4 is 12.1 Å². The zero-order chi connectivity index (χ0) is 8.10. The van der Waals surface area contributed by atoms with Crippen LogP contribution in [0.4, 0.5) is 0 Å². The summed E-state index contributed by atoms with van der Waals surface area (Å²) >= 11 is 0. The third-order valence-corrected chi connectivity index (χ3v) is 1.21. The van der Waals surface area contributed by atoms with Gasteiger partial charge in [-0.1, -0.05) is 0 Å². The fourth-order valence-electron chi connectivity index (χ4n) is 0.715. The summed E-state index contributed by atoms with van der Waals surface area (Å²) in [6, 6.07) is 0. The summed E-state index contributed by atoms with van der Waals surface area (Å²) < 4.78 is 0. The van der Waals surface area contributed by atoms with E-state index in [0.717, 1.165) is 13.1 Å². The van der Waals surface area contributed by atoms with Gasteiger partial charge >= 0.3 is 0 Å². The van der Waals surface area contributed by atoms with Crippen molar-refractivity contribution in [3.8, 4) is 0 Å². The minimum absolute atomic E-state index is 0.395. The first-order valence-corrected chi connectivity index (χ1v) is 3.68. The summed E-state index contributed by atoms with van der Waals surface area (Å²) in [5.74, 6) is 0.650. The third kappa shape index (κ3) is 3.13. The Balaban J connectivity index is 2.38. The van der Waals surface area contributed by atoms with E-state index in [1.165, 1.54) is 0 Å². The van der Waals surface area contributed by atoms with Crippen LogP contribution in [0.15, 0.2) is 9.98 Å². The first-order valence-electron chi connectivity index (χ1n) is 3.68. The molecule has 2 N–H and O–H groups in total. The minimum Gasteiger partial charge on any atom is -0.391 e. The second-order valence-electron chi connectivity index (χ2n) is 2.46. The van der Waals surface area contributed by atoms with Gasteiger partial charge in [0.2, 0.25) is 0 Å². The van der Waals surface area contributed by atoms with Gasteiger partial charge in [-0.25, -0.2) is 0 Å². The van der Waals surface area contributed by atoms with E-state index in [-0.39, 0.29) is 0 Å². The molecule has 1 atom stereocenters. The summed E-state index contributed by atoms with van der Waals surface area (Å²) in [4.78, 5) is 7.94. The van der Waals surface area contributed by atoms with Crippen molar-refractivity contribution < 1.29 is 5.11 Å². The minimum atomic E-state index is -0.395. The molecule has 61 valence electrons. The highest BCUT2D eigenvalue weighted by Crippen LogP contribution is 1.84. The predicted octanol–water partition coefficient (Wildman–Crippen LogP) is -0.683. The maximum absolute atomic E-state index is 8.89. The summed E-state index contributed by atoms with van der Waals surface area (Å²) in [5, 5.41) is 11.9. The van der Waals surface area contributed by atoms with E-state index in [4.69, 9.17) is 5.11 Å². The summed E-state index contributed by atoms with van der Waals surface area (Å²) in [5.41, 5.74) is 0. The van der Waals surface area contributed by atoms with Crippen LogP contribution in [0.25, 0.3) is 0 Å². The molecule has 0 bridgehead atoms. The number of hydrogen-bond acceptors (Lipinski definition) is 3. The lowest BCUT2D eigenvalue weighted by Gasteiger charge is -2.08. The van der Waals surface area contributed by atoms with Crippen LogP contribution in [0.1, 0.15) is 6.92 Å². The molecule has 0 fully saturated rings. The van der Waals surface area contributed by atoms with Gasteiger partial charge in [0.05, 0.1) is 19.2 Å². The number of nitrogens with zero attached hydrogens (tertiary/aromatic N) is 2. The van der Waals surface area contributed by atoms with Crippen LogP contribution < -0.4 is 5.32 Å². The van der Waals surface area contributed by atoms with Gasteiger partial charge in [0.15, 0.2) is 0 Å². The number of aliphatic imine (C=N–C) groups is 2. The molecule has 0 aromatic heterocycles. The number of aliphatic hydroxyl groups is 1. The van der Waals surface area contributed by atoms with Gasteiger partial charge in [-0.2, -0.15) is 0 Å². The zero-order valence-corrected chi connectivity index (χ0v) is 6.54. The van der Waals surface area contributed by atoms with Crippen molar-refractivity contribution in [3.63, 3.8) is 0 Å². The molecule has 1 aliphatic rings. The van der Waals surface area contributed by atoms with E-state index in [9.17, 15) is 0 Å². The van der Waals surface area contributed by atoms with E-state index >= 15 is 0 Å². The van der Waals surface area contributed by atoms with Crippen LogP contribution in [0, 0.1) is 0 Å². The van der Waals surface area contributed by atoms with E-state index < -0.39 is 6.10 Å². The van der Waals surface area contributed by atoms with Gasteiger partial charge < -0.3 is 10.4 Å². The van der Waals surface area contributed by atoms with E-state index in [0.29, 0.717) is 12.4 Å². The Kier molecular flexibility index (Phi) is 3.04. The molecule has 1 heterocycles. The van der Waals surface area contributed by atoms with Crippen LogP contribution in [0.2, 0.25) is 0 Å². The maximum atomic E-state index is 8.89. The monoisotopic (exact) mass is 154 g/mol. The molecule has 4 nitrogen and oxygen atoms in total. The Labute approximate surface area is 66.1 Å². The molecule has 0 spiro atoms. The van der Waals surface area contributed by atoms with E-state index in [2.05, 4.69) is 21.5 Å². The fraction of sp³-hybridized carbons (Fsp3) is 0.714. The summed E-state index contributed by atoms with van der Waals surface area (Å²) in [6.07, 6.45) is 2.33. The van der Waals surface area contributed by atoms with Crippen molar-refractivity contribution in [1.29, 1.82) is 0 Å². The lowest BCUT2D eigenvalue weighted by molar-refractivity contribution is 0.204. The number of hydrogen-bond donors (Lipinski definition) is 2. The molecule has 0 amide bonds. The predicted molar refractivity (Wildman–Crippen MR) is 44.3 cm³/mol. The molecular weight excluding hydrogens is 142 g/mol. The largest absolute Gasteiger partial charge is 0.391 e. The van der Waals surface area contributed by atoms with Crippen molar-refractivity contribution in [3.05, 3.63) is 0 Å². The highest BCUT2D eigenvalue weighted by Gasteiger charge is 2.00. The quantitative estimate of drug-likeness (QED) is 0.553. The van der Waals surface area contributed by atoms with Gasteiger partial charge in [0.25, 0.3) is 0 Å². The molecule has 4 heteroatoms. The topological polar surface area (TPSA) is 57.0 Å². The number of aliphatic hydroxyl groups excluding tert-OH is 1. The third-order valence-electron chi connectivity index (χ3n) is 1.21. The van der Waals surface area contributed by atoms with Crippen LogP contribution in [0.3, 0.4) is 0 Å². The van der Waals surface area contributed by atoms with Crippen LogP contribution in [-0.2, 0) is 0 Å². The zero-order valence-electron chi connectivity index (χ0n) is 6.54. The van der Waals surface area contributed by atoms with Gasteiger partial charge in [-0.05, 0) is 6.92 Å². The number of nitrogens with one attached hydrogen (secondary N) is 1. The molecule has 0 aromatic carbocycles. The van der Waals surface area contributed by atoms with E-state index in [1.807, 2.05) is 0 Å². The van der Waals surface area contributed by atoms with Gasteiger partial charge in [-0.3, -0.25) is 9.98 Å². The van der Waals surface area contributed by atoms with Crippen molar-refractivity contribution in [1.82, 2.24) is 5.32 Å². The Hall–Kier alpha value is -0.900. The molecule has 1 unspecified atom stereocenters. The summed E-state index contributed by atoms with van der Waals surface area (Å²) in [7, 11) is 0. The molecule has 11 heavy (non-hydrogen) atoms. The van der Waals surface area contributed by atoms with Crippen LogP contribution in [0.5, 0.6) is 0 Å². The van der Waals surface area contributed by atoms with Crippen molar-refractivity contribution in [2.45, 2.75) is 13.0 Å². The average molecular weight is 154 g/mol.